The largest absolute Gasteiger partial charge is 0.493 e. The Labute approximate surface area is 184 Å². The van der Waals surface area contributed by atoms with Gasteiger partial charge in [0.2, 0.25) is 5.91 Å². The summed E-state index contributed by atoms with van der Waals surface area (Å²) in [6.07, 6.45) is 1.69. The molecule has 0 saturated heterocycles. The van der Waals surface area contributed by atoms with Crippen LogP contribution in [0.5, 0.6) is 11.5 Å². The van der Waals surface area contributed by atoms with Crippen molar-refractivity contribution in [1.82, 2.24) is 25.6 Å². The zero-order valence-electron chi connectivity index (χ0n) is 17.8. The third-order valence-electron chi connectivity index (χ3n) is 4.61. The van der Waals surface area contributed by atoms with E-state index in [0.717, 1.165) is 11.1 Å². The topological polar surface area (TPSA) is 107 Å². The number of halogens is 1. The molecule has 32 heavy (non-hydrogen) atoms. The van der Waals surface area contributed by atoms with E-state index in [2.05, 4.69) is 20.9 Å². The number of nitrogens with one attached hydrogen (secondary N) is 2. The molecule has 0 unspecified atom stereocenters. The highest BCUT2D eigenvalue weighted by Gasteiger charge is 2.11. The second-order valence-corrected chi connectivity index (χ2v) is 6.89. The van der Waals surface area contributed by atoms with Crippen molar-refractivity contribution in [2.45, 2.75) is 19.5 Å². The van der Waals surface area contributed by atoms with E-state index in [1.807, 2.05) is 0 Å². The molecule has 1 heterocycles. The van der Waals surface area contributed by atoms with Crippen molar-refractivity contribution in [3.63, 3.8) is 0 Å². The second-order valence-electron chi connectivity index (χ2n) is 6.89. The van der Waals surface area contributed by atoms with Gasteiger partial charge in [0.1, 0.15) is 5.82 Å². The zero-order valence-corrected chi connectivity index (χ0v) is 17.8. The molecule has 0 radical (unpaired) electrons. The van der Waals surface area contributed by atoms with E-state index >= 15 is 0 Å². The highest BCUT2D eigenvalue weighted by molar-refractivity contribution is 5.91. The summed E-state index contributed by atoms with van der Waals surface area (Å²) in [6, 6.07) is 11.2. The first-order valence-electron chi connectivity index (χ1n) is 9.89. The molecular formula is C22H24FN5O4. The number of ether oxygens (including phenoxy) is 2. The van der Waals surface area contributed by atoms with Crippen molar-refractivity contribution >= 4 is 11.8 Å². The Bertz CT molecular complexity index is 1070. The van der Waals surface area contributed by atoms with Gasteiger partial charge in [0.05, 0.1) is 33.4 Å². The van der Waals surface area contributed by atoms with E-state index in [1.54, 1.807) is 37.4 Å². The summed E-state index contributed by atoms with van der Waals surface area (Å²) in [7, 11) is 3.09. The van der Waals surface area contributed by atoms with Crippen molar-refractivity contribution in [1.29, 1.82) is 0 Å². The van der Waals surface area contributed by atoms with Crippen LogP contribution in [0.1, 0.15) is 21.6 Å². The Balaban J connectivity index is 1.43. The van der Waals surface area contributed by atoms with Crippen LogP contribution in [0.4, 0.5) is 4.39 Å². The van der Waals surface area contributed by atoms with E-state index in [1.165, 1.54) is 30.1 Å². The number of nitrogens with zero attached hydrogens (tertiary/aromatic N) is 3. The molecule has 168 valence electrons. The fraction of sp³-hybridized carbons (Fsp3) is 0.273. The average Bonchev–Trinajstić information content (AvgIpc) is 3.27. The first-order valence-corrected chi connectivity index (χ1v) is 9.89. The van der Waals surface area contributed by atoms with Crippen molar-refractivity contribution in [3.05, 3.63) is 71.3 Å². The van der Waals surface area contributed by atoms with Gasteiger partial charge < -0.3 is 20.1 Å². The van der Waals surface area contributed by atoms with Crippen LogP contribution in [0.3, 0.4) is 0 Å². The van der Waals surface area contributed by atoms with Crippen LogP contribution < -0.4 is 20.1 Å². The number of carbonyl (C=O) groups is 2. The lowest BCUT2D eigenvalue weighted by molar-refractivity contribution is -0.120. The fourth-order valence-electron chi connectivity index (χ4n) is 2.94. The van der Waals surface area contributed by atoms with Crippen LogP contribution in [0, 0.1) is 5.82 Å². The molecule has 0 aliphatic heterocycles. The van der Waals surface area contributed by atoms with Gasteiger partial charge in [0, 0.05) is 13.1 Å². The first-order chi connectivity index (χ1) is 15.5. The third-order valence-corrected chi connectivity index (χ3v) is 4.61. The molecule has 2 N–H and O–H groups in total. The Hall–Kier alpha value is -3.95. The highest BCUT2D eigenvalue weighted by Crippen LogP contribution is 2.27. The fourth-order valence-corrected chi connectivity index (χ4v) is 2.94. The summed E-state index contributed by atoms with van der Waals surface area (Å²) >= 11 is 0. The van der Waals surface area contributed by atoms with Gasteiger partial charge in [-0.15, -0.1) is 5.10 Å². The van der Waals surface area contributed by atoms with Gasteiger partial charge in [-0.25, -0.2) is 9.07 Å². The smallest absolute Gasteiger partial charge is 0.273 e. The molecule has 2 amide bonds. The highest BCUT2D eigenvalue weighted by atomic mass is 19.1. The minimum absolute atomic E-state index is 0.156. The maximum atomic E-state index is 12.9. The summed E-state index contributed by atoms with van der Waals surface area (Å²) in [4.78, 5) is 24.4. The van der Waals surface area contributed by atoms with Gasteiger partial charge >= 0.3 is 0 Å². The number of hydrogen-bond donors (Lipinski definition) is 2. The number of carbonyl (C=O) groups excluding carboxylic acids is 2. The maximum Gasteiger partial charge on any atom is 0.273 e. The lowest BCUT2D eigenvalue weighted by atomic mass is 10.1. The summed E-state index contributed by atoms with van der Waals surface area (Å²) in [5, 5.41) is 13.3. The standard InChI is InChI=1S/C22H24FN5O4/c1-31-19-8-5-16(11-20(19)32-2)12-21(29)24-9-10-28-14-18(26-27-28)22(30)25-13-15-3-6-17(23)7-4-15/h3-8,11,14H,9-10,12-13H2,1-2H3,(H,24,29)(H,25,30). The van der Waals surface area contributed by atoms with Crippen LogP contribution in [0.2, 0.25) is 0 Å². The summed E-state index contributed by atoms with van der Waals surface area (Å²) < 4.78 is 24.8. The van der Waals surface area contributed by atoms with Crippen molar-refractivity contribution in [2.24, 2.45) is 0 Å². The van der Waals surface area contributed by atoms with E-state index in [0.29, 0.717) is 24.6 Å². The Morgan fingerprint density at radius 3 is 2.44 bits per heavy atom. The molecule has 1 aromatic heterocycles. The summed E-state index contributed by atoms with van der Waals surface area (Å²) in [5.74, 6) is 0.275. The predicted octanol–water partition coefficient (Wildman–Crippen LogP) is 1.72. The van der Waals surface area contributed by atoms with Gasteiger partial charge in [-0.3, -0.25) is 9.59 Å². The minimum Gasteiger partial charge on any atom is -0.493 e. The van der Waals surface area contributed by atoms with Crippen LogP contribution in [0.25, 0.3) is 0 Å². The molecule has 0 saturated carbocycles. The molecule has 0 fully saturated rings. The number of hydrogen-bond acceptors (Lipinski definition) is 6. The molecule has 9 nitrogen and oxygen atoms in total. The van der Waals surface area contributed by atoms with E-state index in [9.17, 15) is 14.0 Å². The lowest BCUT2D eigenvalue weighted by Gasteiger charge is -2.10. The van der Waals surface area contributed by atoms with Crippen molar-refractivity contribution in [3.8, 4) is 11.5 Å². The average molecular weight is 441 g/mol. The number of amides is 2. The number of rotatable bonds is 10. The molecular weight excluding hydrogens is 417 g/mol. The van der Waals surface area contributed by atoms with Crippen LogP contribution in [-0.4, -0.2) is 47.6 Å². The molecule has 0 atom stereocenters. The van der Waals surface area contributed by atoms with Crippen LogP contribution in [-0.2, 0) is 24.3 Å². The molecule has 0 spiro atoms. The quantitative estimate of drug-likeness (QED) is 0.496. The summed E-state index contributed by atoms with van der Waals surface area (Å²) in [6.45, 7) is 0.931. The lowest BCUT2D eigenvalue weighted by Crippen LogP contribution is -2.28. The van der Waals surface area contributed by atoms with Crippen molar-refractivity contribution in [2.75, 3.05) is 20.8 Å². The maximum absolute atomic E-state index is 12.9. The van der Waals surface area contributed by atoms with Gasteiger partial charge in [-0.05, 0) is 35.4 Å². The van der Waals surface area contributed by atoms with Gasteiger partial charge in [0.25, 0.3) is 5.91 Å². The molecule has 0 aliphatic carbocycles. The van der Waals surface area contributed by atoms with E-state index in [4.69, 9.17) is 9.47 Å². The molecule has 3 aromatic rings. The van der Waals surface area contributed by atoms with Crippen LogP contribution >= 0.6 is 0 Å². The second kappa shape index (κ2) is 10.9. The molecule has 2 aromatic carbocycles. The summed E-state index contributed by atoms with van der Waals surface area (Å²) in [5.41, 5.74) is 1.72. The molecule has 0 aliphatic rings. The van der Waals surface area contributed by atoms with Crippen LogP contribution in [0.15, 0.2) is 48.7 Å². The number of methoxy groups -OCH3 is 2. The van der Waals surface area contributed by atoms with Crippen molar-refractivity contribution < 1.29 is 23.5 Å². The monoisotopic (exact) mass is 441 g/mol. The Kier molecular flexibility index (Phi) is 7.74. The first kappa shape index (κ1) is 22.7. The molecule has 10 heteroatoms. The number of aromatic nitrogens is 3. The Morgan fingerprint density at radius 1 is 1.00 bits per heavy atom. The van der Waals surface area contributed by atoms with E-state index < -0.39 is 5.91 Å². The number of benzene rings is 2. The van der Waals surface area contributed by atoms with Gasteiger partial charge in [-0.1, -0.05) is 23.4 Å². The normalized spacial score (nSPS) is 10.5. The molecule has 0 bridgehead atoms. The predicted molar refractivity (Wildman–Crippen MR) is 114 cm³/mol. The van der Waals surface area contributed by atoms with Gasteiger partial charge in [-0.2, -0.15) is 0 Å². The van der Waals surface area contributed by atoms with E-state index in [-0.39, 0.29) is 30.4 Å². The zero-order chi connectivity index (χ0) is 22.9. The SMILES string of the molecule is COc1ccc(CC(=O)NCCn2cc(C(=O)NCc3ccc(F)cc3)nn2)cc1OC. The van der Waals surface area contributed by atoms with Gasteiger partial charge in [0.15, 0.2) is 17.2 Å². The Morgan fingerprint density at radius 2 is 1.72 bits per heavy atom. The molecule has 3 rings (SSSR count). The minimum atomic E-state index is -0.391. The third kappa shape index (κ3) is 6.27.